The number of carbonyl (C=O) groups excluding carboxylic acids is 3. The largest absolute Gasteiger partial charge is 0.447 e. The van der Waals surface area contributed by atoms with Crippen LogP contribution in [0.5, 0.6) is 0 Å². The minimum atomic E-state index is -0.512. The topological polar surface area (TPSA) is 91.0 Å². The SMILES string of the molecule is CCNC(=O)OC[C@@H]1C[C@@H](NC(=O)c2ccc(Cl)s2)CN1C(=O)c1cc2c(s1)CCN(C)CC2. The van der Waals surface area contributed by atoms with Crippen molar-refractivity contribution in [3.05, 3.63) is 42.7 Å². The Morgan fingerprint density at radius 2 is 1.97 bits per heavy atom. The molecule has 2 atom stereocenters. The maximum atomic E-state index is 13.5. The highest BCUT2D eigenvalue weighted by Crippen LogP contribution is 2.30. The van der Waals surface area contributed by atoms with Crippen molar-refractivity contribution in [2.75, 3.05) is 39.8 Å². The van der Waals surface area contributed by atoms with E-state index in [2.05, 4.69) is 22.6 Å². The van der Waals surface area contributed by atoms with E-state index < -0.39 is 6.09 Å². The Morgan fingerprint density at radius 3 is 2.71 bits per heavy atom. The molecule has 2 aromatic heterocycles. The maximum absolute atomic E-state index is 13.5. The van der Waals surface area contributed by atoms with Crippen molar-refractivity contribution < 1.29 is 19.1 Å². The van der Waals surface area contributed by atoms with Crippen LogP contribution in [0.25, 0.3) is 0 Å². The van der Waals surface area contributed by atoms with E-state index in [1.165, 1.54) is 21.8 Å². The lowest BCUT2D eigenvalue weighted by Gasteiger charge is -2.23. The highest BCUT2D eigenvalue weighted by Gasteiger charge is 2.38. The second-order valence-corrected chi connectivity index (χ2v) is 11.5. The Bertz CT molecular complexity index is 1030. The van der Waals surface area contributed by atoms with Gasteiger partial charge < -0.3 is 25.2 Å². The molecular formula is C23H29ClN4O4S2. The average molecular weight is 525 g/mol. The Kier molecular flexibility index (Phi) is 8.13. The molecule has 4 rings (SSSR count). The molecule has 0 aliphatic carbocycles. The molecule has 184 valence electrons. The van der Waals surface area contributed by atoms with E-state index in [0.717, 1.165) is 25.9 Å². The molecular weight excluding hydrogens is 496 g/mol. The van der Waals surface area contributed by atoms with Crippen molar-refractivity contribution in [2.24, 2.45) is 0 Å². The lowest BCUT2D eigenvalue weighted by Crippen LogP contribution is -2.40. The minimum absolute atomic E-state index is 0.0741. The van der Waals surface area contributed by atoms with Crippen molar-refractivity contribution >= 4 is 52.2 Å². The van der Waals surface area contributed by atoms with Crippen LogP contribution < -0.4 is 10.6 Å². The molecule has 34 heavy (non-hydrogen) atoms. The first-order valence-corrected chi connectivity index (χ1v) is 13.4. The summed E-state index contributed by atoms with van der Waals surface area (Å²) < 4.78 is 5.91. The fraction of sp³-hybridized carbons (Fsp3) is 0.522. The molecule has 2 aliphatic heterocycles. The standard InChI is InChI=1S/C23H29ClN4O4S2/c1-3-25-23(31)32-13-16-11-15(26-21(29)18-4-5-20(24)34-18)12-28(16)22(30)19-10-14-6-8-27(2)9-7-17(14)33-19/h4-5,10,15-16H,3,6-9,11-13H2,1-2H3,(H,25,31)(H,26,29)/t15-,16+/m1/s1. The number of fused-ring (bicyclic) bond motifs is 1. The molecule has 0 radical (unpaired) electrons. The van der Waals surface area contributed by atoms with Crippen LogP contribution in [-0.2, 0) is 17.6 Å². The monoisotopic (exact) mass is 524 g/mol. The van der Waals surface area contributed by atoms with Crippen LogP contribution in [0.1, 0.15) is 43.1 Å². The van der Waals surface area contributed by atoms with E-state index in [1.807, 2.05) is 13.0 Å². The minimum Gasteiger partial charge on any atom is -0.447 e. The van der Waals surface area contributed by atoms with E-state index in [-0.39, 0.29) is 30.5 Å². The van der Waals surface area contributed by atoms with Gasteiger partial charge in [-0.25, -0.2) is 4.79 Å². The molecule has 0 unspecified atom stereocenters. The summed E-state index contributed by atoms with van der Waals surface area (Å²) in [7, 11) is 2.12. The highest BCUT2D eigenvalue weighted by molar-refractivity contribution is 7.18. The van der Waals surface area contributed by atoms with Gasteiger partial charge in [0.25, 0.3) is 11.8 Å². The molecule has 0 bridgehead atoms. The van der Waals surface area contributed by atoms with Gasteiger partial charge in [-0.05, 0) is 57.0 Å². The molecule has 2 N–H and O–H groups in total. The first-order chi connectivity index (χ1) is 16.3. The fourth-order valence-corrected chi connectivity index (χ4v) is 6.44. The Labute approximate surface area is 212 Å². The zero-order chi connectivity index (χ0) is 24.2. The van der Waals surface area contributed by atoms with E-state index in [0.29, 0.717) is 33.6 Å². The van der Waals surface area contributed by atoms with Gasteiger partial charge in [0, 0.05) is 37.1 Å². The van der Waals surface area contributed by atoms with Crippen LogP contribution >= 0.6 is 34.3 Å². The van der Waals surface area contributed by atoms with Crippen LogP contribution in [0, 0.1) is 0 Å². The molecule has 8 nitrogen and oxygen atoms in total. The number of hydrogen-bond acceptors (Lipinski definition) is 7. The average Bonchev–Trinajstić information content (AvgIpc) is 3.50. The third kappa shape index (κ3) is 5.91. The molecule has 1 fully saturated rings. The number of likely N-dealkylation sites (N-methyl/N-ethyl adjacent to an activating group) is 1. The molecule has 2 aliphatic rings. The van der Waals surface area contributed by atoms with Crippen LogP contribution in [-0.4, -0.2) is 79.6 Å². The number of halogens is 1. The fourth-order valence-electron chi connectivity index (χ4n) is 4.34. The predicted molar refractivity (Wildman–Crippen MR) is 134 cm³/mol. The summed E-state index contributed by atoms with van der Waals surface area (Å²) >= 11 is 8.74. The number of amides is 3. The van der Waals surface area contributed by atoms with Crippen LogP contribution in [0.15, 0.2) is 18.2 Å². The van der Waals surface area contributed by atoms with Gasteiger partial charge >= 0.3 is 6.09 Å². The van der Waals surface area contributed by atoms with Crippen LogP contribution in [0.3, 0.4) is 0 Å². The second-order valence-electron chi connectivity index (χ2n) is 8.61. The van der Waals surface area contributed by atoms with Gasteiger partial charge in [-0.2, -0.15) is 0 Å². The summed E-state index contributed by atoms with van der Waals surface area (Å²) in [4.78, 5) is 44.6. The summed E-state index contributed by atoms with van der Waals surface area (Å²) in [5.74, 6) is -0.293. The second kappa shape index (κ2) is 11.1. The van der Waals surface area contributed by atoms with E-state index >= 15 is 0 Å². The van der Waals surface area contributed by atoms with Crippen molar-refractivity contribution in [3.63, 3.8) is 0 Å². The number of hydrogen-bond donors (Lipinski definition) is 2. The molecule has 11 heteroatoms. The number of nitrogens with one attached hydrogen (secondary N) is 2. The van der Waals surface area contributed by atoms with Crippen LogP contribution in [0.2, 0.25) is 4.34 Å². The van der Waals surface area contributed by atoms with Gasteiger partial charge in [0.05, 0.1) is 20.1 Å². The van der Waals surface area contributed by atoms with Gasteiger partial charge in [0.15, 0.2) is 0 Å². The third-order valence-corrected chi connectivity index (χ3v) is 8.58. The number of rotatable bonds is 6. The number of ether oxygens (including phenoxy) is 1. The van der Waals surface area contributed by atoms with Gasteiger partial charge in [-0.15, -0.1) is 22.7 Å². The summed E-state index contributed by atoms with van der Waals surface area (Å²) in [6.07, 6.45) is 1.87. The summed E-state index contributed by atoms with van der Waals surface area (Å²) in [6, 6.07) is 4.83. The van der Waals surface area contributed by atoms with Crippen LogP contribution in [0.4, 0.5) is 4.79 Å². The molecule has 3 amide bonds. The van der Waals surface area contributed by atoms with Gasteiger partial charge in [-0.1, -0.05) is 11.6 Å². The Morgan fingerprint density at radius 1 is 1.18 bits per heavy atom. The molecule has 0 spiro atoms. The maximum Gasteiger partial charge on any atom is 0.407 e. The molecule has 4 heterocycles. The summed E-state index contributed by atoms with van der Waals surface area (Å²) in [5.41, 5.74) is 1.24. The first kappa shape index (κ1) is 25.0. The highest BCUT2D eigenvalue weighted by atomic mass is 35.5. The smallest absolute Gasteiger partial charge is 0.407 e. The predicted octanol–water partition coefficient (Wildman–Crippen LogP) is 3.25. The Balaban J connectivity index is 1.47. The number of carbonyl (C=O) groups is 3. The summed E-state index contributed by atoms with van der Waals surface area (Å²) in [5, 5.41) is 5.62. The molecule has 0 aromatic carbocycles. The van der Waals surface area contributed by atoms with Gasteiger partial charge in [-0.3, -0.25) is 9.59 Å². The molecule has 2 aromatic rings. The van der Waals surface area contributed by atoms with E-state index in [9.17, 15) is 14.4 Å². The zero-order valence-corrected chi connectivity index (χ0v) is 21.7. The number of nitrogens with zero attached hydrogens (tertiary/aromatic N) is 2. The number of thiophene rings is 2. The van der Waals surface area contributed by atoms with Gasteiger partial charge in [0.1, 0.15) is 6.61 Å². The van der Waals surface area contributed by atoms with Crippen molar-refractivity contribution in [1.29, 1.82) is 0 Å². The van der Waals surface area contributed by atoms with Crippen molar-refractivity contribution in [3.8, 4) is 0 Å². The van der Waals surface area contributed by atoms with Crippen molar-refractivity contribution in [1.82, 2.24) is 20.4 Å². The molecule has 0 saturated carbocycles. The van der Waals surface area contributed by atoms with E-state index in [1.54, 1.807) is 28.4 Å². The summed E-state index contributed by atoms with van der Waals surface area (Å²) in [6.45, 7) is 4.67. The number of alkyl carbamates (subject to hydrolysis) is 1. The Hall–Kier alpha value is -2.14. The molecule has 1 saturated heterocycles. The van der Waals surface area contributed by atoms with Crippen molar-refractivity contribution in [2.45, 2.75) is 38.3 Å². The lowest BCUT2D eigenvalue weighted by atomic mass is 10.1. The lowest BCUT2D eigenvalue weighted by molar-refractivity contribution is 0.0640. The quantitative estimate of drug-likeness (QED) is 0.605. The van der Waals surface area contributed by atoms with E-state index in [4.69, 9.17) is 16.3 Å². The first-order valence-electron chi connectivity index (χ1n) is 11.4. The van der Waals surface area contributed by atoms with Gasteiger partial charge in [0.2, 0.25) is 0 Å². The third-order valence-electron chi connectivity index (χ3n) is 6.13. The normalized spacial score (nSPS) is 20.5. The zero-order valence-electron chi connectivity index (χ0n) is 19.3. The number of likely N-dealkylation sites (tertiary alicyclic amines) is 1.